The Bertz CT molecular complexity index is 445. The Morgan fingerprint density at radius 2 is 1.89 bits per heavy atom. The van der Waals surface area contributed by atoms with Crippen LogP contribution in [0.1, 0.15) is 19.4 Å². The number of likely N-dealkylation sites (N-methyl/N-ethyl adjacent to an activating group) is 1. The first-order valence-corrected chi connectivity index (χ1v) is 6.98. The van der Waals surface area contributed by atoms with E-state index < -0.39 is 11.9 Å². The van der Waals surface area contributed by atoms with E-state index in [1.165, 1.54) is 0 Å². The predicted molar refractivity (Wildman–Crippen MR) is 76.9 cm³/mol. The third-order valence-corrected chi connectivity index (χ3v) is 3.45. The zero-order chi connectivity index (χ0) is 14.4. The number of hydrogen-bond donors (Lipinski definition) is 1. The number of carboxylic acids is 1. The number of aliphatic carboxylic acids is 1. The van der Waals surface area contributed by atoms with E-state index in [9.17, 15) is 9.59 Å². The van der Waals surface area contributed by atoms with Crippen molar-refractivity contribution >= 4 is 27.8 Å². The normalized spacial score (nSPS) is 11.9. The van der Waals surface area contributed by atoms with Crippen molar-refractivity contribution in [3.63, 3.8) is 0 Å². The van der Waals surface area contributed by atoms with E-state index in [2.05, 4.69) is 15.9 Å². The van der Waals surface area contributed by atoms with Crippen molar-refractivity contribution in [3.8, 4) is 0 Å². The molecular formula is C14H18BrNO3. The Morgan fingerprint density at radius 3 is 2.37 bits per heavy atom. The second kappa shape index (κ2) is 7.28. The number of carboxylic acid groups (broad SMARTS) is 1. The monoisotopic (exact) mass is 327 g/mol. The molecule has 0 radical (unpaired) electrons. The molecule has 0 aromatic heterocycles. The average Bonchev–Trinajstić information content (AvgIpc) is 2.38. The van der Waals surface area contributed by atoms with Gasteiger partial charge in [-0.15, -0.1) is 0 Å². The lowest BCUT2D eigenvalue weighted by Gasteiger charge is -2.23. The molecule has 0 saturated carbocycles. The molecule has 0 heterocycles. The van der Waals surface area contributed by atoms with E-state index in [0.717, 1.165) is 10.0 Å². The van der Waals surface area contributed by atoms with Crippen LogP contribution in [0.15, 0.2) is 28.7 Å². The summed E-state index contributed by atoms with van der Waals surface area (Å²) < 4.78 is 0.968. The smallest absolute Gasteiger partial charge is 0.308 e. The number of carbonyl (C=O) groups excluding carboxylic acids is 1. The zero-order valence-electron chi connectivity index (χ0n) is 11.1. The maximum absolute atomic E-state index is 12.1. The van der Waals surface area contributed by atoms with Gasteiger partial charge in [-0.1, -0.05) is 35.0 Å². The molecule has 0 fully saturated rings. The third-order valence-electron chi connectivity index (χ3n) is 2.92. The van der Waals surface area contributed by atoms with Gasteiger partial charge in [0.2, 0.25) is 5.91 Å². The highest BCUT2D eigenvalue weighted by atomic mass is 79.9. The number of rotatable bonds is 6. The van der Waals surface area contributed by atoms with Crippen LogP contribution in [0.3, 0.4) is 0 Å². The first-order valence-electron chi connectivity index (χ1n) is 6.19. The summed E-state index contributed by atoms with van der Waals surface area (Å²) in [4.78, 5) is 24.5. The van der Waals surface area contributed by atoms with Crippen molar-refractivity contribution in [1.82, 2.24) is 4.90 Å². The minimum atomic E-state index is -0.880. The minimum Gasteiger partial charge on any atom is -0.481 e. The van der Waals surface area contributed by atoms with Crippen LogP contribution in [0, 0.1) is 5.92 Å². The van der Waals surface area contributed by atoms with Crippen LogP contribution in [0.5, 0.6) is 0 Å². The highest BCUT2D eigenvalue weighted by molar-refractivity contribution is 9.10. The van der Waals surface area contributed by atoms with Crippen molar-refractivity contribution in [2.24, 2.45) is 5.92 Å². The van der Waals surface area contributed by atoms with Gasteiger partial charge in [0, 0.05) is 17.6 Å². The SMILES string of the molecule is CCN(CC(C)C(=O)O)C(=O)Cc1ccc(Br)cc1. The highest BCUT2D eigenvalue weighted by Gasteiger charge is 2.19. The molecule has 1 rings (SSSR count). The van der Waals surface area contributed by atoms with E-state index in [1.54, 1.807) is 11.8 Å². The lowest BCUT2D eigenvalue weighted by molar-refractivity contribution is -0.142. The Morgan fingerprint density at radius 1 is 1.32 bits per heavy atom. The van der Waals surface area contributed by atoms with Crippen LogP contribution in [0.25, 0.3) is 0 Å². The average molecular weight is 328 g/mol. The molecule has 1 atom stereocenters. The summed E-state index contributed by atoms with van der Waals surface area (Å²) in [7, 11) is 0. The van der Waals surface area contributed by atoms with Crippen molar-refractivity contribution in [2.75, 3.05) is 13.1 Å². The van der Waals surface area contributed by atoms with E-state index in [1.807, 2.05) is 31.2 Å². The minimum absolute atomic E-state index is 0.0436. The van der Waals surface area contributed by atoms with Crippen molar-refractivity contribution in [2.45, 2.75) is 20.3 Å². The Balaban J connectivity index is 2.63. The number of halogens is 1. The second-order valence-corrected chi connectivity index (χ2v) is 5.39. The maximum atomic E-state index is 12.1. The van der Waals surface area contributed by atoms with Gasteiger partial charge in [0.05, 0.1) is 12.3 Å². The Kier molecular flexibility index (Phi) is 6.02. The number of nitrogens with zero attached hydrogens (tertiary/aromatic N) is 1. The Hall–Kier alpha value is -1.36. The predicted octanol–water partition coefficient (Wildman–Crippen LogP) is 2.56. The van der Waals surface area contributed by atoms with E-state index in [4.69, 9.17) is 5.11 Å². The molecule has 0 aliphatic rings. The van der Waals surface area contributed by atoms with Gasteiger partial charge >= 0.3 is 5.97 Å². The van der Waals surface area contributed by atoms with Gasteiger partial charge in [-0.05, 0) is 24.6 Å². The summed E-state index contributed by atoms with van der Waals surface area (Å²) in [5.41, 5.74) is 0.926. The van der Waals surface area contributed by atoms with E-state index in [0.29, 0.717) is 13.0 Å². The summed E-state index contributed by atoms with van der Waals surface area (Å²) in [5, 5.41) is 8.89. The number of amides is 1. The standard InChI is InChI=1S/C14H18BrNO3/c1-3-16(9-10(2)14(18)19)13(17)8-11-4-6-12(15)7-5-11/h4-7,10H,3,8-9H2,1-2H3,(H,18,19). The summed E-state index contributed by atoms with van der Waals surface area (Å²) in [6.07, 6.45) is 0.299. The summed E-state index contributed by atoms with van der Waals surface area (Å²) in [5.74, 6) is -1.47. The highest BCUT2D eigenvalue weighted by Crippen LogP contribution is 2.12. The van der Waals surface area contributed by atoms with E-state index in [-0.39, 0.29) is 12.5 Å². The molecule has 0 saturated heterocycles. The molecule has 0 spiro atoms. The van der Waals surface area contributed by atoms with Gasteiger partial charge in [0.25, 0.3) is 0 Å². The molecular weight excluding hydrogens is 310 g/mol. The fraction of sp³-hybridized carbons (Fsp3) is 0.429. The first-order chi connectivity index (χ1) is 8.93. The van der Waals surface area contributed by atoms with Crippen molar-refractivity contribution < 1.29 is 14.7 Å². The fourth-order valence-electron chi connectivity index (χ4n) is 1.70. The molecule has 1 aromatic rings. The van der Waals surface area contributed by atoms with Gasteiger partial charge < -0.3 is 10.0 Å². The molecule has 1 aromatic carbocycles. The van der Waals surface area contributed by atoms with Crippen LogP contribution >= 0.6 is 15.9 Å². The topological polar surface area (TPSA) is 57.6 Å². The molecule has 19 heavy (non-hydrogen) atoms. The largest absolute Gasteiger partial charge is 0.481 e. The molecule has 0 aliphatic carbocycles. The lowest BCUT2D eigenvalue weighted by atomic mass is 10.1. The fourth-order valence-corrected chi connectivity index (χ4v) is 1.97. The number of carbonyl (C=O) groups is 2. The summed E-state index contributed by atoms with van der Waals surface area (Å²) >= 11 is 3.34. The van der Waals surface area contributed by atoms with Crippen LogP contribution in [-0.2, 0) is 16.0 Å². The molecule has 4 nitrogen and oxygen atoms in total. The zero-order valence-corrected chi connectivity index (χ0v) is 12.7. The van der Waals surface area contributed by atoms with Gasteiger partial charge in [-0.2, -0.15) is 0 Å². The molecule has 104 valence electrons. The molecule has 0 bridgehead atoms. The third kappa shape index (κ3) is 5.03. The quantitative estimate of drug-likeness (QED) is 0.873. The molecule has 5 heteroatoms. The summed E-state index contributed by atoms with van der Waals surface area (Å²) in [6, 6.07) is 7.55. The van der Waals surface area contributed by atoms with Crippen molar-refractivity contribution in [1.29, 1.82) is 0 Å². The first kappa shape index (κ1) is 15.7. The van der Waals surface area contributed by atoms with Gasteiger partial charge in [-0.3, -0.25) is 9.59 Å². The van der Waals surface area contributed by atoms with Crippen LogP contribution in [0.2, 0.25) is 0 Å². The Labute approximate surface area is 121 Å². The molecule has 1 unspecified atom stereocenters. The molecule has 1 amide bonds. The maximum Gasteiger partial charge on any atom is 0.308 e. The van der Waals surface area contributed by atoms with Crippen molar-refractivity contribution in [3.05, 3.63) is 34.3 Å². The lowest BCUT2D eigenvalue weighted by Crippen LogP contribution is -2.37. The second-order valence-electron chi connectivity index (χ2n) is 4.47. The van der Waals surface area contributed by atoms with Gasteiger partial charge in [0.1, 0.15) is 0 Å². The number of hydrogen-bond acceptors (Lipinski definition) is 2. The van der Waals surface area contributed by atoms with Crippen LogP contribution in [0.4, 0.5) is 0 Å². The summed E-state index contributed by atoms with van der Waals surface area (Å²) in [6.45, 7) is 4.24. The van der Waals surface area contributed by atoms with Gasteiger partial charge in [0.15, 0.2) is 0 Å². The number of benzene rings is 1. The van der Waals surface area contributed by atoms with Crippen LogP contribution in [-0.4, -0.2) is 35.0 Å². The molecule has 0 aliphatic heterocycles. The van der Waals surface area contributed by atoms with E-state index >= 15 is 0 Å². The van der Waals surface area contributed by atoms with Gasteiger partial charge in [-0.25, -0.2) is 0 Å². The van der Waals surface area contributed by atoms with Crippen LogP contribution < -0.4 is 0 Å². The molecule has 1 N–H and O–H groups in total.